The monoisotopic (exact) mass is 326 g/mol. The molecule has 1 aliphatic heterocycles. The van der Waals surface area contributed by atoms with E-state index in [0.717, 1.165) is 10.2 Å². The molecular formula is C12H15BrN4O2. The summed E-state index contributed by atoms with van der Waals surface area (Å²) in [6.45, 7) is 4.04. The third-order valence-corrected chi connectivity index (χ3v) is 3.12. The summed E-state index contributed by atoms with van der Waals surface area (Å²) in [5.74, 6) is 0.0411. The zero-order chi connectivity index (χ0) is 13.8. The first-order chi connectivity index (χ1) is 9.06. The lowest BCUT2D eigenvalue weighted by atomic mass is 10.0. The molecule has 1 aliphatic rings. The molecule has 0 aliphatic carbocycles. The van der Waals surface area contributed by atoms with Gasteiger partial charge in [0.2, 0.25) is 6.10 Å². The summed E-state index contributed by atoms with van der Waals surface area (Å²) in [7, 11) is 0. The number of carbonyl (C=O) groups excluding carboxylic acids is 1. The molecule has 2 heterocycles. The molecule has 1 unspecified atom stereocenters. The zero-order valence-electron chi connectivity index (χ0n) is 10.7. The lowest BCUT2D eigenvalue weighted by molar-refractivity contribution is -0.130. The highest BCUT2D eigenvalue weighted by Gasteiger charge is 2.29. The highest BCUT2D eigenvalue weighted by molar-refractivity contribution is 9.10. The van der Waals surface area contributed by atoms with Crippen LogP contribution in [0.3, 0.4) is 0 Å². The van der Waals surface area contributed by atoms with Crippen molar-refractivity contribution in [2.75, 3.05) is 5.43 Å². The van der Waals surface area contributed by atoms with Gasteiger partial charge in [0, 0.05) is 17.1 Å². The molecule has 0 fully saturated rings. The zero-order valence-corrected chi connectivity index (χ0v) is 12.3. The van der Waals surface area contributed by atoms with Gasteiger partial charge in [-0.2, -0.15) is 0 Å². The Morgan fingerprint density at radius 1 is 1.53 bits per heavy atom. The molecular weight excluding hydrogens is 312 g/mol. The minimum Gasteiger partial charge on any atom is -0.382 e. The van der Waals surface area contributed by atoms with E-state index in [2.05, 4.69) is 36.9 Å². The van der Waals surface area contributed by atoms with E-state index >= 15 is 0 Å². The van der Waals surface area contributed by atoms with Gasteiger partial charge in [-0.15, -0.1) is 0 Å². The minimum atomic E-state index is -0.565. The lowest BCUT2D eigenvalue weighted by Gasteiger charge is -2.11. The van der Waals surface area contributed by atoms with Crippen LogP contribution in [-0.4, -0.2) is 22.7 Å². The first-order valence-electron chi connectivity index (χ1n) is 5.95. The summed E-state index contributed by atoms with van der Waals surface area (Å²) >= 11 is 3.30. The predicted octanol–water partition coefficient (Wildman–Crippen LogP) is 2.09. The van der Waals surface area contributed by atoms with Gasteiger partial charge < -0.3 is 4.84 Å². The number of aromatic nitrogens is 1. The fourth-order valence-corrected chi connectivity index (χ4v) is 1.94. The number of oxime groups is 1. The topological polar surface area (TPSA) is 75.6 Å². The van der Waals surface area contributed by atoms with Crippen LogP contribution in [0.25, 0.3) is 0 Å². The van der Waals surface area contributed by atoms with E-state index in [1.54, 1.807) is 18.5 Å². The van der Waals surface area contributed by atoms with Crippen molar-refractivity contribution < 1.29 is 9.63 Å². The van der Waals surface area contributed by atoms with Crippen molar-refractivity contribution >= 4 is 33.2 Å². The second-order valence-corrected chi connectivity index (χ2v) is 5.46. The number of halogens is 1. The maximum Gasteiger partial charge on any atom is 0.282 e. The van der Waals surface area contributed by atoms with Gasteiger partial charge >= 0.3 is 0 Å². The quantitative estimate of drug-likeness (QED) is 0.831. The van der Waals surface area contributed by atoms with Gasteiger partial charge in [0.05, 0.1) is 17.6 Å². The summed E-state index contributed by atoms with van der Waals surface area (Å²) in [6.07, 6.45) is 3.24. The van der Waals surface area contributed by atoms with Crippen molar-refractivity contribution in [3.63, 3.8) is 0 Å². The van der Waals surface area contributed by atoms with E-state index in [4.69, 9.17) is 4.84 Å². The van der Waals surface area contributed by atoms with Crippen LogP contribution < -0.4 is 10.9 Å². The second kappa shape index (κ2) is 6.01. The van der Waals surface area contributed by atoms with E-state index in [-0.39, 0.29) is 5.91 Å². The number of pyridine rings is 1. The van der Waals surface area contributed by atoms with Crippen molar-refractivity contribution in [3.05, 3.63) is 22.9 Å². The predicted molar refractivity (Wildman–Crippen MR) is 75.5 cm³/mol. The summed E-state index contributed by atoms with van der Waals surface area (Å²) in [4.78, 5) is 21.0. The summed E-state index contributed by atoms with van der Waals surface area (Å²) < 4.78 is 0.828. The van der Waals surface area contributed by atoms with Gasteiger partial charge in [-0.25, -0.2) is 0 Å². The number of nitrogens with one attached hydrogen (secondary N) is 2. The van der Waals surface area contributed by atoms with Crippen LogP contribution in [0, 0.1) is 5.92 Å². The number of hydrogen-bond acceptors (Lipinski definition) is 5. The third kappa shape index (κ3) is 3.66. The first kappa shape index (κ1) is 13.8. The van der Waals surface area contributed by atoms with E-state index < -0.39 is 6.10 Å². The summed E-state index contributed by atoms with van der Waals surface area (Å²) in [6, 6.07) is 1.80. The maximum atomic E-state index is 11.9. The Morgan fingerprint density at radius 2 is 2.32 bits per heavy atom. The standard InChI is InChI=1S/C12H15BrN4O2/c1-7(2)10-4-11(19-17-10)12(18)16-15-9-3-8(13)5-14-6-9/h3,5-7,11,15H,4H2,1-2H3,(H,16,18). The largest absolute Gasteiger partial charge is 0.382 e. The highest BCUT2D eigenvalue weighted by atomic mass is 79.9. The van der Waals surface area contributed by atoms with Gasteiger partial charge in [0.15, 0.2) is 0 Å². The highest BCUT2D eigenvalue weighted by Crippen LogP contribution is 2.16. The van der Waals surface area contributed by atoms with Gasteiger partial charge in [-0.3, -0.25) is 20.6 Å². The molecule has 0 saturated heterocycles. The van der Waals surface area contributed by atoms with Crippen LogP contribution in [0.4, 0.5) is 5.69 Å². The molecule has 1 amide bonds. The van der Waals surface area contributed by atoms with Crippen molar-refractivity contribution in [1.29, 1.82) is 0 Å². The number of anilines is 1. The molecule has 0 bridgehead atoms. The molecule has 0 radical (unpaired) electrons. The SMILES string of the molecule is CC(C)C1=NOC(C(=O)NNc2cncc(Br)c2)C1. The van der Waals surface area contributed by atoms with Crippen LogP contribution in [0.5, 0.6) is 0 Å². The normalized spacial score (nSPS) is 17.9. The molecule has 19 heavy (non-hydrogen) atoms. The number of rotatable bonds is 4. The maximum absolute atomic E-state index is 11.9. The number of hydrazine groups is 1. The Morgan fingerprint density at radius 3 is 2.95 bits per heavy atom. The van der Waals surface area contributed by atoms with E-state index in [1.165, 1.54) is 0 Å². The number of hydrogen-bond donors (Lipinski definition) is 2. The number of carbonyl (C=O) groups is 1. The third-order valence-electron chi connectivity index (χ3n) is 2.69. The summed E-state index contributed by atoms with van der Waals surface area (Å²) in [5.41, 5.74) is 6.96. The molecule has 1 aromatic rings. The smallest absolute Gasteiger partial charge is 0.282 e. The Kier molecular flexibility index (Phi) is 4.36. The number of amides is 1. The molecule has 1 aromatic heterocycles. The van der Waals surface area contributed by atoms with Crippen LogP contribution in [0.1, 0.15) is 20.3 Å². The average Bonchev–Trinajstić information content (AvgIpc) is 2.86. The molecule has 102 valence electrons. The van der Waals surface area contributed by atoms with Gasteiger partial charge in [-0.05, 0) is 27.9 Å². The van der Waals surface area contributed by atoms with Crippen LogP contribution in [0.15, 0.2) is 28.1 Å². The van der Waals surface area contributed by atoms with Crippen LogP contribution in [0.2, 0.25) is 0 Å². The van der Waals surface area contributed by atoms with Crippen molar-refractivity contribution in [3.8, 4) is 0 Å². The average molecular weight is 327 g/mol. The van der Waals surface area contributed by atoms with Crippen molar-refractivity contribution in [1.82, 2.24) is 10.4 Å². The van der Waals surface area contributed by atoms with Gasteiger partial charge in [-0.1, -0.05) is 19.0 Å². The van der Waals surface area contributed by atoms with E-state index in [1.807, 2.05) is 13.8 Å². The lowest BCUT2D eigenvalue weighted by Crippen LogP contribution is -2.38. The first-order valence-corrected chi connectivity index (χ1v) is 6.74. The second-order valence-electron chi connectivity index (χ2n) is 4.54. The van der Waals surface area contributed by atoms with Crippen molar-refractivity contribution in [2.24, 2.45) is 11.1 Å². The van der Waals surface area contributed by atoms with E-state index in [9.17, 15) is 4.79 Å². The number of nitrogens with zero attached hydrogens (tertiary/aromatic N) is 2. The molecule has 0 spiro atoms. The fourth-order valence-electron chi connectivity index (χ4n) is 1.57. The molecule has 1 atom stereocenters. The molecule has 2 rings (SSSR count). The Balaban J connectivity index is 1.83. The van der Waals surface area contributed by atoms with Crippen LogP contribution >= 0.6 is 15.9 Å². The van der Waals surface area contributed by atoms with Crippen LogP contribution in [-0.2, 0) is 9.63 Å². The van der Waals surface area contributed by atoms with E-state index in [0.29, 0.717) is 18.0 Å². The molecule has 2 N–H and O–H groups in total. The Hall–Kier alpha value is -1.63. The van der Waals surface area contributed by atoms with Crippen molar-refractivity contribution in [2.45, 2.75) is 26.4 Å². The van der Waals surface area contributed by atoms with Gasteiger partial charge in [0.1, 0.15) is 0 Å². The fraction of sp³-hybridized carbons (Fsp3) is 0.417. The summed E-state index contributed by atoms with van der Waals surface area (Å²) in [5, 5.41) is 3.92. The molecule has 6 nitrogen and oxygen atoms in total. The molecule has 7 heteroatoms. The van der Waals surface area contributed by atoms with Gasteiger partial charge in [0.25, 0.3) is 5.91 Å². The minimum absolute atomic E-state index is 0.251. The Bertz CT molecular complexity index is 504. The molecule has 0 aromatic carbocycles. The molecule has 0 saturated carbocycles. The Labute approximate surface area is 119 Å².